The molecule has 2 aromatic heterocycles. The van der Waals surface area contributed by atoms with Gasteiger partial charge in [0.05, 0.1) is 0 Å². The highest BCUT2D eigenvalue weighted by Crippen LogP contribution is 2.32. The summed E-state index contributed by atoms with van der Waals surface area (Å²) in [7, 11) is 0. The van der Waals surface area contributed by atoms with Crippen molar-refractivity contribution in [3.63, 3.8) is 0 Å². The van der Waals surface area contributed by atoms with Gasteiger partial charge in [0.15, 0.2) is 5.15 Å². The van der Waals surface area contributed by atoms with Crippen molar-refractivity contribution in [2.45, 2.75) is 0 Å². The lowest BCUT2D eigenvalue weighted by molar-refractivity contribution is 1.14. The van der Waals surface area contributed by atoms with Crippen LogP contribution in [0.2, 0.25) is 5.15 Å². The molecule has 0 unspecified atom stereocenters. The van der Waals surface area contributed by atoms with Gasteiger partial charge in [-0.25, -0.2) is 9.97 Å². The van der Waals surface area contributed by atoms with Gasteiger partial charge in [-0.05, 0) is 17.7 Å². The number of fused-ring (bicyclic) bond motifs is 1. The summed E-state index contributed by atoms with van der Waals surface area (Å²) in [5, 5.41) is 0.403. The molecule has 2 aromatic rings. The molecular formula is C30H24ClN3. The highest BCUT2D eigenvalue weighted by molar-refractivity contribution is 6.34. The van der Waals surface area contributed by atoms with Crippen LogP contribution in [0.25, 0.3) is 22.3 Å². The van der Waals surface area contributed by atoms with Crippen LogP contribution in [0.15, 0.2) is 146 Å². The SMILES string of the molecule is Clc1ncnc2c(C3=C/C=C\C=C/C=C\C=C/C=C\3)cn(C3=C/C=C\C=C/C=C\C=C/C=C\3)c12. The molecule has 34 heavy (non-hydrogen) atoms. The Labute approximate surface area is 205 Å². The molecule has 0 fully saturated rings. The highest BCUT2D eigenvalue weighted by Gasteiger charge is 2.16. The van der Waals surface area contributed by atoms with Crippen LogP contribution in [-0.4, -0.2) is 14.5 Å². The molecule has 0 aromatic carbocycles. The Morgan fingerprint density at radius 3 is 1.74 bits per heavy atom. The van der Waals surface area contributed by atoms with Crippen LogP contribution < -0.4 is 0 Å². The zero-order chi connectivity index (χ0) is 23.4. The lowest BCUT2D eigenvalue weighted by atomic mass is 10.1. The molecular weight excluding hydrogens is 438 g/mol. The third-order valence-corrected chi connectivity index (χ3v) is 5.26. The second-order valence-corrected chi connectivity index (χ2v) is 7.64. The van der Waals surface area contributed by atoms with Crippen molar-refractivity contribution in [3.05, 3.63) is 157 Å². The van der Waals surface area contributed by atoms with Crippen molar-refractivity contribution < 1.29 is 0 Å². The third kappa shape index (κ3) is 5.97. The maximum absolute atomic E-state index is 6.60. The molecule has 0 aliphatic heterocycles. The summed E-state index contributed by atoms with van der Waals surface area (Å²) in [6, 6.07) is 0. The Kier molecular flexibility index (Phi) is 8.20. The summed E-state index contributed by atoms with van der Waals surface area (Å²) in [5.74, 6) is 0. The predicted octanol–water partition coefficient (Wildman–Crippen LogP) is 7.90. The third-order valence-electron chi connectivity index (χ3n) is 4.98. The van der Waals surface area contributed by atoms with Crippen LogP contribution in [0.5, 0.6) is 0 Å². The van der Waals surface area contributed by atoms with Gasteiger partial charge < -0.3 is 4.57 Å². The Morgan fingerprint density at radius 2 is 1.09 bits per heavy atom. The van der Waals surface area contributed by atoms with Crippen LogP contribution in [0.4, 0.5) is 0 Å². The molecule has 0 amide bonds. The van der Waals surface area contributed by atoms with Crippen LogP contribution in [0, 0.1) is 0 Å². The minimum absolute atomic E-state index is 0.403. The Balaban J connectivity index is 1.88. The van der Waals surface area contributed by atoms with E-state index in [-0.39, 0.29) is 0 Å². The normalized spacial score (nSPS) is 28.6. The molecule has 2 aliphatic rings. The van der Waals surface area contributed by atoms with E-state index in [1.807, 2.05) is 126 Å². The van der Waals surface area contributed by atoms with Crippen LogP contribution in [-0.2, 0) is 0 Å². The molecule has 166 valence electrons. The quantitative estimate of drug-likeness (QED) is 0.425. The fraction of sp³-hybridized carbons (Fsp3) is 0. The van der Waals surface area contributed by atoms with E-state index in [1.54, 1.807) is 0 Å². The molecule has 0 saturated heterocycles. The van der Waals surface area contributed by atoms with Gasteiger partial charge in [-0.2, -0.15) is 0 Å². The van der Waals surface area contributed by atoms with Gasteiger partial charge in [0, 0.05) is 17.5 Å². The molecule has 0 spiro atoms. The second-order valence-electron chi connectivity index (χ2n) is 7.29. The summed E-state index contributed by atoms with van der Waals surface area (Å²) in [5.41, 5.74) is 4.47. The first-order chi connectivity index (χ1) is 16.8. The summed E-state index contributed by atoms with van der Waals surface area (Å²) < 4.78 is 2.04. The number of allylic oxidation sites excluding steroid dienone is 24. The number of nitrogens with zero attached hydrogens (tertiary/aromatic N) is 3. The van der Waals surface area contributed by atoms with E-state index in [9.17, 15) is 0 Å². The van der Waals surface area contributed by atoms with E-state index in [1.165, 1.54) is 6.33 Å². The molecule has 2 aliphatic carbocycles. The molecule has 3 nitrogen and oxygen atoms in total. The fourth-order valence-corrected chi connectivity index (χ4v) is 3.64. The first-order valence-corrected chi connectivity index (χ1v) is 11.3. The Hall–Kier alpha value is -4.21. The summed E-state index contributed by atoms with van der Waals surface area (Å²) in [4.78, 5) is 8.86. The van der Waals surface area contributed by atoms with E-state index in [0.29, 0.717) is 5.15 Å². The maximum atomic E-state index is 6.60. The van der Waals surface area contributed by atoms with Gasteiger partial charge in [-0.15, -0.1) is 0 Å². The van der Waals surface area contributed by atoms with Crippen molar-refractivity contribution >= 4 is 33.9 Å². The average Bonchev–Trinajstić information content (AvgIpc) is 3.21. The number of halogens is 1. The predicted molar refractivity (Wildman–Crippen MR) is 146 cm³/mol. The maximum Gasteiger partial charge on any atom is 0.157 e. The van der Waals surface area contributed by atoms with Gasteiger partial charge >= 0.3 is 0 Å². The number of aromatic nitrogens is 3. The molecule has 0 N–H and O–H groups in total. The molecule has 4 rings (SSSR count). The van der Waals surface area contributed by atoms with E-state index in [4.69, 9.17) is 11.6 Å². The minimum atomic E-state index is 0.403. The first kappa shape index (κ1) is 23.0. The van der Waals surface area contributed by atoms with Crippen molar-refractivity contribution in [3.8, 4) is 0 Å². The van der Waals surface area contributed by atoms with Crippen molar-refractivity contribution in [1.82, 2.24) is 14.5 Å². The van der Waals surface area contributed by atoms with Gasteiger partial charge in [-0.3, -0.25) is 0 Å². The smallest absolute Gasteiger partial charge is 0.157 e. The standard InChI is InChI=1S/C30H24ClN3/c31-30-29-28(32-24-33-30)27(25-19-15-11-7-3-1-4-8-12-16-20-25)23-34(29)26-21-17-13-9-5-2-6-10-14-18-22-26/h1-24H/b3-1-,4-1?,5-2-,6-2?,7-3?,8-4-,9-5?,10-6-,11-7-,12-8?,13-9-,14-10?,15-11?,16-12-,17-13?,18-14-,19-15-,20-16?,21-17-,22-18?,25-19?,25-20+,26-21?,26-22+. The van der Waals surface area contributed by atoms with Crippen molar-refractivity contribution in [2.24, 2.45) is 0 Å². The Bertz CT molecular complexity index is 1390. The van der Waals surface area contributed by atoms with E-state index in [0.717, 1.165) is 27.9 Å². The molecule has 0 radical (unpaired) electrons. The lowest BCUT2D eigenvalue weighted by Crippen LogP contribution is -1.94. The lowest BCUT2D eigenvalue weighted by Gasteiger charge is -2.06. The van der Waals surface area contributed by atoms with Crippen LogP contribution in [0.3, 0.4) is 0 Å². The van der Waals surface area contributed by atoms with Crippen LogP contribution >= 0.6 is 11.6 Å². The summed E-state index contributed by atoms with van der Waals surface area (Å²) in [6.45, 7) is 0. The number of rotatable bonds is 2. The van der Waals surface area contributed by atoms with Gasteiger partial charge in [0.2, 0.25) is 0 Å². The molecule has 0 atom stereocenters. The van der Waals surface area contributed by atoms with E-state index < -0.39 is 0 Å². The second kappa shape index (κ2) is 12.1. The summed E-state index contributed by atoms with van der Waals surface area (Å²) >= 11 is 6.60. The first-order valence-electron chi connectivity index (χ1n) is 11.0. The van der Waals surface area contributed by atoms with E-state index in [2.05, 4.69) is 28.3 Å². The summed E-state index contributed by atoms with van der Waals surface area (Å²) in [6.07, 6.45) is 47.7. The Morgan fingerprint density at radius 1 is 0.559 bits per heavy atom. The van der Waals surface area contributed by atoms with E-state index >= 15 is 0 Å². The van der Waals surface area contributed by atoms with Gasteiger partial charge in [0.25, 0.3) is 0 Å². The number of hydrogen-bond acceptors (Lipinski definition) is 2. The monoisotopic (exact) mass is 461 g/mol. The molecule has 4 heteroatoms. The molecule has 2 heterocycles. The minimum Gasteiger partial charge on any atom is -0.312 e. The molecule has 0 bridgehead atoms. The van der Waals surface area contributed by atoms with Gasteiger partial charge in [-0.1, -0.05) is 133 Å². The van der Waals surface area contributed by atoms with Crippen LogP contribution in [0.1, 0.15) is 5.56 Å². The number of hydrogen-bond donors (Lipinski definition) is 0. The largest absolute Gasteiger partial charge is 0.312 e. The topological polar surface area (TPSA) is 30.7 Å². The van der Waals surface area contributed by atoms with Gasteiger partial charge in [0.1, 0.15) is 17.4 Å². The average molecular weight is 462 g/mol. The van der Waals surface area contributed by atoms with Crippen molar-refractivity contribution in [2.75, 3.05) is 0 Å². The highest BCUT2D eigenvalue weighted by atomic mass is 35.5. The zero-order valence-electron chi connectivity index (χ0n) is 18.6. The molecule has 0 saturated carbocycles. The zero-order valence-corrected chi connectivity index (χ0v) is 19.3. The van der Waals surface area contributed by atoms with Crippen molar-refractivity contribution in [1.29, 1.82) is 0 Å². The fourth-order valence-electron chi connectivity index (χ4n) is 3.41.